The number of nitrogens with one attached hydrogen (secondary N) is 1. The lowest BCUT2D eigenvalue weighted by molar-refractivity contribution is 0.190. The van der Waals surface area contributed by atoms with E-state index in [1.807, 2.05) is 50.2 Å². The number of hydrogen-bond acceptors (Lipinski definition) is 4. The van der Waals surface area contributed by atoms with E-state index in [0.717, 1.165) is 25.0 Å². The van der Waals surface area contributed by atoms with Crippen LogP contribution in [-0.2, 0) is 10.3 Å². The Morgan fingerprint density at radius 3 is 1.88 bits per heavy atom. The number of benzene rings is 1. The largest absolute Gasteiger partial charge is 0.337 e. The van der Waals surface area contributed by atoms with Crippen LogP contribution in [0.4, 0.5) is 4.79 Å². The molecule has 0 spiro atoms. The molecule has 0 heterocycles. The number of hydrogen-bond donors (Lipinski definition) is 1. The third-order valence-corrected chi connectivity index (χ3v) is 3.98. The number of nitrogens with zero attached hydrogens (tertiary/aromatic N) is 2. The molecule has 1 rings (SSSR count). The van der Waals surface area contributed by atoms with Crippen molar-refractivity contribution in [2.24, 2.45) is 0 Å². The van der Waals surface area contributed by atoms with Crippen molar-refractivity contribution in [3.05, 3.63) is 36.4 Å². The summed E-state index contributed by atoms with van der Waals surface area (Å²) in [6.07, 6.45) is 0. The summed E-state index contributed by atoms with van der Waals surface area (Å²) in [4.78, 5) is 15.6. The lowest BCUT2D eigenvalue weighted by Gasteiger charge is -2.26. The van der Waals surface area contributed by atoms with Crippen molar-refractivity contribution in [2.75, 3.05) is 32.7 Å². The smallest absolute Gasteiger partial charge is 0.317 e. The molecule has 1 aromatic rings. The summed E-state index contributed by atoms with van der Waals surface area (Å²) in [5, 5.41) is 3.90. The predicted molar refractivity (Wildman–Crippen MR) is 104 cm³/mol. The second-order valence-corrected chi connectivity index (χ2v) is 6.44. The second kappa shape index (κ2) is 14.5. The van der Waals surface area contributed by atoms with Gasteiger partial charge in [-0.05, 0) is 26.9 Å². The van der Waals surface area contributed by atoms with Crippen molar-refractivity contribution in [3.63, 3.8) is 0 Å². The van der Waals surface area contributed by atoms with Gasteiger partial charge in [-0.15, -0.1) is 0 Å². The Labute approximate surface area is 153 Å². The van der Waals surface area contributed by atoms with E-state index in [4.69, 9.17) is 0 Å². The molecule has 0 bridgehead atoms. The molecule has 0 aromatic heterocycles. The zero-order valence-electron chi connectivity index (χ0n) is 15.7. The normalized spacial score (nSPS) is 10.0. The quantitative estimate of drug-likeness (QED) is 0.713. The first-order valence-corrected chi connectivity index (χ1v) is 9.74. The third kappa shape index (κ3) is 12.2. The standard InChI is InChI=1S/C12H25N3O3S.C6H6/c1-5-14(6-2)8-7-13-12(16)15(11(3)4)9-10-19(17)18;1-2-4-6-5-3-1/h10-11H,5-9H2,1-4H3,(H,13,16);1-6H. The van der Waals surface area contributed by atoms with Crippen LogP contribution in [0.25, 0.3) is 0 Å². The highest BCUT2D eigenvalue weighted by Crippen LogP contribution is 1.97. The van der Waals surface area contributed by atoms with Crippen LogP contribution in [0.5, 0.6) is 0 Å². The molecular weight excluding hydrogens is 338 g/mol. The Balaban J connectivity index is 0.000000796. The number of carbonyl (C=O) groups is 1. The van der Waals surface area contributed by atoms with E-state index in [2.05, 4.69) is 24.1 Å². The van der Waals surface area contributed by atoms with Crippen LogP contribution >= 0.6 is 0 Å². The van der Waals surface area contributed by atoms with Gasteiger partial charge in [0.1, 0.15) is 0 Å². The predicted octanol–water partition coefficient (Wildman–Crippen LogP) is 2.12. The molecule has 25 heavy (non-hydrogen) atoms. The van der Waals surface area contributed by atoms with E-state index < -0.39 is 10.3 Å². The molecule has 1 N–H and O–H groups in total. The van der Waals surface area contributed by atoms with Crippen LogP contribution in [0.2, 0.25) is 0 Å². The van der Waals surface area contributed by atoms with Crippen molar-refractivity contribution in [1.82, 2.24) is 15.1 Å². The highest BCUT2D eigenvalue weighted by Gasteiger charge is 2.15. The summed E-state index contributed by atoms with van der Waals surface area (Å²) < 4.78 is 21.0. The zero-order chi connectivity index (χ0) is 19.1. The van der Waals surface area contributed by atoms with Gasteiger partial charge in [0, 0.05) is 19.1 Å². The average molecular weight is 370 g/mol. The van der Waals surface area contributed by atoms with Gasteiger partial charge in [-0.3, -0.25) is 0 Å². The Morgan fingerprint density at radius 2 is 1.52 bits per heavy atom. The van der Waals surface area contributed by atoms with Gasteiger partial charge in [-0.25, -0.2) is 4.79 Å². The van der Waals surface area contributed by atoms with Gasteiger partial charge < -0.3 is 15.1 Å². The number of amides is 2. The molecule has 2 amide bonds. The van der Waals surface area contributed by atoms with Gasteiger partial charge in [-0.2, -0.15) is 8.42 Å². The van der Waals surface area contributed by atoms with Gasteiger partial charge in [0.15, 0.2) is 0 Å². The topological polar surface area (TPSA) is 69.7 Å². The van der Waals surface area contributed by atoms with Crippen molar-refractivity contribution in [2.45, 2.75) is 33.7 Å². The fourth-order valence-electron chi connectivity index (χ4n) is 2.02. The molecule has 0 aliphatic heterocycles. The second-order valence-electron chi connectivity index (χ2n) is 5.59. The summed E-state index contributed by atoms with van der Waals surface area (Å²) >= 11 is 0. The van der Waals surface area contributed by atoms with Crippen molar-refractivity contribution in [1.29, 1.82) is 0 Å². The van der Waals surface area contributed by atoms with E-state index in [9.17, 15) is 13.2 Å². The number of urea groups is 1. The fourth-order valence-corrected chi connectivity index (χ4v) is 2.30. The SMILES string of the molecule is CCN(CC)CCNC(=O)N(CC=S(=O)=O)C(C)C.c1ccccc1. The van der Waals surface area contributed by atoms with E-state index >= 15 is 0 Å². The molecule has 0 fully saturated rings. The number of carbonyl (C=O) groups excluding carboxylic acids is 1. The van der Waals surface area contributed by atoms with Gasteiger partial charge >= 0.3 is 6.03 Å². The molecule has 0 saturated carbocycles. The lowest BCUT2D eigenvalue weighted by Crippen LogP contribution is -2.46. The van der Waals surface area contributed by atoms with Crippen molar-refractivity contribution < 1.29 is 13.2 Å². The monoisotopic (exact) mass is 369 g/mol. The Bertz CT molecular complexity index is 550. The van der Waals surface area contributed by atoms with Gasteiger partial charge in [0.2, 0.25) is 10.3 Å². The Kier molecular flexibility index (Phi) is 13.4. The number of rotatable bonds is 8. The zero-order valence-corrected chi connectivity index (χ0v) is 16.5. The van der Waals surface area contributed by atoms with Crippen LogP contribution in [0.3, 0.4) is 0 Å². The summed E-state index contributed by atoms with van der Waals surface area (Å²) in [6, 6.07) is 11.7. The highest BCUT2D eigenvalue weighted by molar-refractivity contribution is 7.71. The van der Waals surface area contributed by atoms with Crippen LogP contribution in [0.1, 0.15) is 27.7 Å². The molecule has 0 unspecified atom stereocenters. The van der Waals surface area contributed by atoms with Gasteiger partial charge in [0.25, 0.3) is 0 Å². The van der Waals surface area contributed by atoms with Gasteiger partial charge in [0.05, 0.1) is 11.9 Å². The van der Waals surface area contributed by atoms with Crippen molar-refractivity contribution in [3.8, 4) is 0 Å². The molecule has 0 aliphatic rings. The lowest BCUT2D eigenvalue weighted by atomic mass is 10.3. The van der Waals surface area contributed by atoms with Crippen LogP contribution in [-0.4, -0.2) is 68.4 Å². The molecule has 1 aromatic carbocycles. The Morgan fingerprint density at radius 1 is 1.04 bits per heavy atom. The van der Waals surface area contributed by atoms with E-state index in [0.29, 0.717) is 6.54 Å². The van der Waals surface area contributed by atoms with E-state index in [1.54, 1.807) is 0 Å². The molecule has 142 valence electrons. The first-order valence-electron chi connectivity index (χ1n) is 8.60. The molecular formula is C18H31N3O3S. The molecule has 6 nitrogen and oxygen atoms in total. The fraction of sp³-hybridized carbons (Fsp3) is 0.556. The minimum absolute atomic E-state index is 0.0479. The minimum Gasteiger partial charge on any atom is -0.337 e. The van der Waals surface area contributed by atoms with Crippen molar-refractivity contribution >= 4 is 21.7 Å². The first kappa shape index (κ1) is 23.1. The molecule has 0 atom stereocenters. The summed E-state index contributed by atoms with van der Waals surface area (Å²) in [6.45, 7) is 11.2. The summed E-state index contributed by atoms with van der Waals surface area (Å²) in [5.41, 5.74) is 0. The maximum Gasteiger partial charge on any atom is 0.317 e. The molecule has 0 aliphatic carbocycles. The first-order chi connectivity index (χ1) is 11.9. The van der Waals surface area contributed by atoms with Crippen LogP contribution in [0.15, 0.2) is 36.4 Å². The minimum atomic E-state index is -2.24. The molecule has 7 heteroatoms. The van der Waals surface area contributed by atoms with E-state index in [-0.39, 0.29) is 18.6 Å². The highest BCUT2D eigenvalue weighted by atomic mass is 32.2. The maximum absolute atomic E-state index is 11.9. The van der Waals surface area contributed by atoms with Gasteiger partial charge in [-0.1, -0.05) is 50.2 Å². The van der Waals surface area contributed by atoms with Crippen LogP contribution < -0.4 is 5.32 Å². The molecule has 0 saturated heterocycles. The summed E-state index contributed by atoms with van der Waals surface area (Å²) in [5.74, 6) is 0. The Hall–Kier alpha value is -1.86. The maximum atomic E-state index is 11.9. The third-order valence-electron chi connectivity index (χ3n) is 3.56. The number of likely N-dealkylation sites (N-methyl/N-ethyl adjacent to an activating group) is 1. The molecule has 0 radical (unpaired) electrons. The average Bonchev–Trinajstić information content (AvgIpc) is 2.60. The van der Waals surface area contributed by atoms with Crippen LogP contribution in [0, 0.1) is 0 Å². The summed E-state index contributed by atoms with van der Waals surface area (Å²) in [7, 11) is -2.24. The van der Waals surface area contributed by atoms with E-state index in [1.165, 1.54) is 4.90 Å².